The molecular formula is C21H23NO4S. The second-order valence-electron chi connectivity index (χ2n) is 6.77. The molecule has 1 fully saturated rings. The van der Waals surface area contributed by atoms with Crippen LogP contribution in [0.5, 0.6) is 0 Å². The standard InChI is InChI=1S/C21H23NO4S/c1-2-15-22(17-9-5-3-6-10-17)21(23)20-14-13-18(26-20)16-27(24,25)19-11-7-4-8-12-19/h1,4,7-8,11-14,17H,3,5-6,9-10,15-16H2. The van der Waals surface area contributed by atoms with Crippen molar-refractivity contribution in [3.8, 4) is 12.3 Å². The van der Waals surface area contributed by atoms with Crippen LogP contribution in [0.1, 0.15) is 48.4 Å². The Morgan fingerprint density at radius 1 is 1.11 bits per heavy atom. The molecule has 5 nitrogen and oxygen atoms in total. The van der Waals surface area contributed by atoms with Gasteiger partial charge in [0.2, 0.25) is 0 Å². The zero-order valence-electron chi connectivity index (χ0n) is 15.1. The number of carbonyl (C=O) groups excluding carboxylic acids is 1. The van der Waals surface area contributed by atoms with Crippen LogP contribution in [-0.4, -0.2) is 31.8 Å². The molecular weight excluding hydrogens is 362 g/mol. The number of sulfone groups is 1. The van der Waals surface area contributed by atoms with Crippen molar-refractivity contribution in [1.82, 2.24) is 4.90 Å². The maximum absolute atomic E-state index is 12.9. The summed E-state index contributed by atoms with van der Waals surface area (Å²) in [5.74, 6) is 2.36. The van der Waals surface area contributed by atoms with Crippen LogP contribution in [0.4, 0.5) is 0 Å². The predicted octanol–water partition coefficient (Wildman–Crippen LogP) is 3.66. The Balaban J connectivity index is 1.76. The lowest BCUT2D eigenvalue weighted by molar-refractivity contribution is 0.0633. The van der Waals surface area contributed by atoms with Crippen LogP contribution in [0.2, 0.25) is 0 Å². The van der Waals surface area contributed by atoms with E-state index in [1.165, 1.54) is 12.5 Å². The van der Waals surface area contributed by atoms with Crippen LogP contribution in [0, 0.1) is 12.3 Å². The first-order valence-corrected chi connectivity index (χ1v) is 10.8. The number of carbonyl (C=O) groups is 1. The molecule has 1 aromatic heterocycles. The van der Waals surface area contributed by atoms with Crippen LogP contribution < -0.4 is 0 Å². The molecule has 1 heterocycles. The summed E-state index contributed by atoms with van der Waals surface area (Å²) in [6.07, 6.45) is 10.7. The lowest BCUT2D eigenvalue weighted by Gasteiger charge is -2.32. The van der Waals surface area contributed by atoms with Crippen molar-refractivity contribution in [1.29, 1.82) is 0 Å². The van der Waals surface area contributed by atoms with E-state index in [1.807, 2.05) is 0 Å². The zero-order chi connectivity index (χ0) is 19.3. The van der Waals surface area contributed by atoms with E-state index in [2.05, 4.69) is 5.92 Å². The highest BCUT2D eigenvalue weighted by molar-refractivity contribution is 7.90. The molecule has 3 rings (SSSR count). The topological polar surface area (TPSA) is 67.6 Å². The van der Waals surface area contributed by atoms with Crippen LogP contribution in [0.25, 0.3) is 0 Å². The van der Waals surface area contributed by atoms with Gasteiger partial charge in [-0.05, 0) is 37.1 Å². The third-order valence-corrected chi connectivity index (χ3v) is 6.50. The fourth-order valence-corrected chi connectivity index (χ4v) is 4.74. The molecule has 0 bridgehead atoms. The SMILES string of the molecule is C#CCN(C(=O)c1ccc(CS(=O)(=O)c2ccccc2)o1)C1CCCCC1. The van der Waals surface area contributed by atoms with Gasteiger partial charge in [-0.15, -0.1) is 6.42 Å². The highest BCUT2D eigenvalue weighted by atomic mass is 32.2. The second kappa shape index (κ2) is 8.45. The molecule has 27 heavy (non-hydrogen) atoms. The van der Waals surface area contributed by atoms with E-state index in [9.17, 15) is 13.2 Å². The smallest absolute Gasteiger partial charge is 0.290 e. The summed E-state index contributed by atoms with van der Waals surface area (Å²) in [7, 11) is -3.53. The quantitative estimate of drug-likeness (QED) is 0.712. The van der Waals surface area contributed by atoms with E-state index >= 15 is 0 Å². The van der Waals surface area contributed by atoms with Crippen LogP contribution in [-0.2, 0) is 15.6 Å². The maximum Gasteiger partial charge on any atom is 0.290 e. The number of nitrogens with zero attached hydrogens (tertiary/aromatic N) is 1. The summed E-state index contributed by atoms with van der Waals surface area (Å²) in [5, 5.41) is 0. The van der Waals surface area contributed by atoms with Gasteiger partial charge in [-0.2, -0.15) is 0 Å². The van der Waals surface area contributed by atoms with Crippen LogP contribution in [0.15, 0.2) is 51.8 Å². The fraction of sp³-hybridized carbons (Fsp3) is 0.381. The number of rotatable bonds is 6. The van der Waals surface area contributed by atoms with Gasteiger partial charge < -0.3 is 9.32 Å². The summed E-state index contributed by atoms with van der Waals surface area (Å²) in [6.45, 7) is 0.224. The third-order valence-electron chi connectivity index (χ3n) is 4.84. The lowest BCUT2D eigenvalue weighted by Crippen LogP contribution is -2.41. The molecule has 142 valence electrons. The summed E-state index contributed by atoms with van der Waals surface area (Å²) in [5.41, 5.74) is 0. The summed E-state index contributed by atoms with van der Waals surface area (Å²) in [4.78, 5) is 14.8. The molecule has 1 aliphatic rings. The largest absolute Gasteiger partial charge is 0.455 e. The van der Waals surface area contributed by atoms with Crippen molar-refractivity contribution in [3.63, 3.8) is 0 Å². The monoisotopic (exact) mass is 385 g/mol. The Labute approximate surface area is 160 Å². The van der Waals surface area contributed by atoms with Gasteiger partial charge in [-0.1, -0.05) is 43.4 Å². The van der Waals surface area contributed by atoms with E-state index < -0.39 is 9.84 Å². The Kier molecular flexibility index (Phi) is 6.02. The van der Waals surface area contributed by atoms with Gasteiger partial charge in [0, 0.05) is 6.04 Å². The minimum absolute atomic E-state index is 0.115. The van der Waals surface area contributed by atoms with Crippen LogP contribution >= 0.6 is 0 Å². The Morgan fingerprint density at radius 3 is 2.48 bits per heavy atom. The minimum atomic E-state index is -3.53. The molecule has 2 aromatic rings. The van der Waals surface area contributed by atoms with Gasteiger partial charge >= 0.3 is 0 Å². The highest BCUT2D eigenvalue weighted by Gasteiger charge is 2.28. The molecule has 1 amide bonds. The first kappa shape index (κ1) is 19.2. The molecule has 1 aliphatic carbocycles. The molecule has 0 aliphatic heterocycles. The van der Waals surface area contributed by atoms with E-state index in [-0.39, 0.29) is 40.7 Å². The average Bonchev–Trinajstić information content (AvgIpc) is 3.15. The molecule has 0 unspecified atom stereocenters. The number of furan rings is 1. The van der Waals surface area contributed by atoms with Crippen LogP contribution in [0.3, 0.4) is 0 Å². The molecule has 1 saturated carbocycles. The first-order valence-electron chi connectivity index (χ1n) is 9.12. The fourth-order valence-electron chi connectivity index (χ4n) is 3.47. The first-order chi connectivity index (χ1) is 13.0. The molecule has 0 N–H and O–H groups in total. The van der Waals surface area contributed by atoms with Gasteiger partial charge in [-0.3, -0.25) is 4.79 Å². The van der Waals surface area contributed by atoms with Crippen molar-refractivity contribution in [2.45, 2.75) is 48.8 Å². The molecule has 1 aromatic carbocycles. The van der Waals surface area contributed by atoms with Crippen molar-refractivity contribution < 1.29 is 17.6 Å². The van der Waals surface area contributed by atoms with Gasteiger partial charge in [0.1, 0.15) is 11.5 Å². The number of benzene rings is 1. The number of hydrogen-bond donors (Lipinski definition) is 0. The Morgan fingerprint density at radius 2 is 1.81 bits per heavy atom. The Hall–Kier alpha value is -2.52. The van der Waals surface area contributed by atoms with E-state index in [0.29, 0.717) is 0 Å². The molecule has 6 heteroatoms. The summed E-state index contributed by atoms with van der Waals surface area (Å²) < 4.78 is 30.5. The normalized spacial score (nSPS) is 15.2. The van der Waals surface area contributed by atoms with E-state index in [0.717, 1.165) is 25.7 Å². The number of terminal acetylenes is 1. The van der Waals surface area contributed by atoms with Gasteiger partial charge in [0.05, 0.1) is 11.4 Å². The van der Waals surface area contributed by atoms with Crippen molar-refractivity contribution >= 4 is 15.7 Å². The second-order valence-corrected chi connectivity index (χ2v) is 8.76. The summed E-state index contributed by atoms with van der Waals surface area (Å²) in [6, 6.07) is 11.4. The lowest BCUT2D eigenvalue weighted by atomic mass is 9.94. The number of hydrogen-bond acceptors (Lipinski definition) is 4. The molecule has 0 saturated heterocycles. The van der Waals surface area contributed by atoms with E-state index in [4.69, 9.17) is 10.8 Å². The van der Waals surface area contributed by atoms with E-state index in [1.54, 1.807) is 41.3 Å². The van der Waals surface area contributed by atoms with Crippen molar-refractivity contribution in [3.05, 3.63) is 54.0 Å². The molecule has 0 atom stereocenters. The third kappa shape index (κ3) is 4.61. The predicted molar refractivity (Wildman–Crippen MR) is 103 cm³/mol. The molecule has 0 spiro atoms. The summed E-state index contributed by atoms with van der Waals surface area (Å²) >= 11 is 0. The van der Waals surface area contributed by atoms with Crippen molar-refractivity contribution in [2.24, 2.45) is 0 Å². The Bertz CT molecular complexity index is 919. The zero-order valence-corrected chi connectivity index (χ0v) is 16.0. The molecule has 0 radical (unpaired) electrons. The number of amides is 1. The van der Waals surface area contributed by atoms with Crippen molar-refractivity contribution in [2.75, 3.05) is 6.54 Å². The van der Waals surface area contributed by atoms with Gasteiger partial charge in [0.25, 0.3) is 5.91 Å². The van der Waals surface area contributed by atoms with Gasteiger partial charge in [-0.25, -0.2) is 8.42 Å². The average molecular weight is 385 g/mol. The highest BCUT2D eigenvalue weighted by Crippen LogP contribution is 2.25. The maximum atomic E-state index is 12.9. The minimum Gasteiger partial charge on any atom is -0.455 e. The van der Waals surface area contributed by atoms with Gasteiger partial charge in [0.15, 0.2) is 15.6 Å².